The molecule has 1 aromatic carbocycles. The second-order valence-corrected chi connectivity index (χ2v) is 8.83. The van der Waals surface area contributed by atoms with E-state index >= 15 is 0 Å². The number of halogens is 3. The highest BCUT2D eigenvalue weighted by atomic mass is 32.2. The number of amides is 1. The lowest BCUT2D eigenvalue weighted by atomic mass is 10.0. The van der Waals surface area contributed by atoms with Gasteiger partial charge in [0, 0.05) is 25.2 Å². The number of sulfonamides is 1. The van der Waals surface area contributed by atoms with Crippen molar-refractivity contribution in [2.24, 2.45) is 0 Å². The molecule has 28 heavy (non-hydrogen) atoms. The maximum Gasteiger partial charge on any atom is 0.426 e. The van der Waals surface area contributed by atoms with Gasteiger partial charge >= 0.3 is 6.18 Å². The molecule has 1 N–H and O–H groups in total. The van der Waals surface area contributed by atoms with Crippen molar-refractivity contribution >= 4 is 15.9 Å². The molecule has 1 amide bonds. The maximum absolute atomic E-state index is 13.0. The minimum atomic E-state index is -5.15. The van der Waals surface area contributed by atoms with E-state index in [1.807, 2.05) is 6.07 Å². The summed E-state index contributed by atoms with van der Waals surface area (Å²) in [6.45, 7) is 2.73. The van der Waals surface area contributed by atoms with Crippen molar-refractivity contribution in [1.82, 2.24) is 9.21 Å². The van der Waals surface area contributed by atoms with Crippen LogP contribution in [0.15, 0.2) is 29.2 Å². The number of alkyl halides is 3. The van der Waals surface area contributed by atoms with E-state index in [1.54, 1.807) is 0 Å². The summed E-state index contributed by atoms with van der Waals surface area (Å²) in [7, 11) is -3.98. The van der Waals surface area contributed by atoms with Crippen LogP contribution < -0.4 is 0 Å². The number of nitrogens with zero attached hydrogens (tertiary/aromatic N) is 3. The van der Waals surface area contributed by atoms with Crippen molar-refractivity contribution in [3.63, 3.8) is 0 Å². The van der Waals surface area contributed by atoms with Crippen LogP contribution in [0.5, 0.6) is 0 Å². The summed E-state index contributed by atoms with van der Waals surface area (Å²) in [5.74, 6) is -1.52. The summed E-state index contributed by atoms with van der Waals surface area (Å²) in [6.07, 6.45) is -5.15. The molecule has 7 nitrogen and oxygen atoms in total. The van der Waals surface area contributed by atoms with Gasteiger partial charge in [-0.05, 0) is 45.0 Å². The fourth-order valence-electron chi connectivity index (χ4n) is 2.95. The van der Waals surface area contributed by atoms with Crippen LogP contribution in [-0.2, 0) is 14.8 Å². The number of piperazine rings is 1. The van der Waals surface area contributed by atoms with Gasteiger partial charge in [0.05, 0.1) is 16.5 Å². The van der Waals surface area contributed by atoms with Gasteiger partial charge < -0.3 is 10.0 Å². The molecule has 1 aliphatic heterocycles. The van der Waals surface area contributed by atoms with Crippen LogP contribution >= 0.6 is 0 Å². The van der Waals surface area contributed by atoms with Crippen molar-refractivity contribution in [3.05, 3.63) is 29.8 Å². The number of carbonyl (C=O) groups excluding carboxylic acids is 1. The number of benzene rings is 1. The molecule has 0 aromatic heterocycles. The van der Waals surface area contributed by atoms with Crippen molar-refractivity contribution in [2.75, 3.05) is 13.1 Å². The van der Waals surface area contributed by atoms with Gasteiger partial charge in [-0.3, -0.25) is 4.79 Å². The molecule has 154 valence electrons. The van der Waals surface area contributed by atoms with Gasteiger partial charge in [0.15, 0.2) is 0 Å². The molecule has 1 fully saturated rings. The molecular weight excluding hydrogens is 399 g/mol. The lowest BCUT2D eigenvalue weighted by Crippen LogP contribution is -2.65. The van der Waals surface area contributed by atoms with Crippen LogP contribution in [-0.4, -0.2) is 65.6 Å². The zero-order chi connectivity index (χ0) is 21.5. The van der Waals surface area contributed by atoms with E-state index in [1.165, 1.54) is 38.1 Å². The third kappa shape index (κ3) is 3.85. The van der Waals surface area contributed by atoms with Gasteiger partial charge in [0.25, 0.3) is 5.91 Å². The van der Waals surface area contributed by atoms with Gasteiger partial charge in [-0.1, -0.05) is 0 Å². The maximum atomic E-state index is 13.0. The monoisotopic (exact) mass is 419 g/mol. The molecule has 3 atom stereocenters. The van der Waals surface area contributed by atoms with Crippen molar-refractivity contribution in [2.45, 2.75) is 49.5 Å². The van der Waals surface area contributed by atoms with Crippen molar-refractivity contribution in [1.29, 1.82) is 5.26 Å². The third-order valence-electron chi connectivity index (χ3n) is 4.75. The molecule has 0 unspecified atom stereocenters. The van der Waals surface area contributed by atoms with E-state index in [0.29, 0.717) is 6.92 Å². The van der Waals surface area contributed by atoms with Crippen LogP contribution in [0.25, 0.3) is 0 Å². The minimum absolute atomic E-state index is 0.0624. The van der Waals surface area contributed by atoms with Gasteiger partial charge in [-0.25, -0.2) is 8.42 Å². The first-order valence-corrected chi connectivity index (χ1v) is 9.79. The Balaban J connectivity index is 2.27. The van der Waals surface area contributed by atoms with E-state index in [0.717, 1.165) is 9.21 Å². The van der Waals surface area contributed by atoms with Crippen LogP contribution in [0.1, 0.15) is 26.3 Å². The third-order valence-corrected chi connectivity index (χ3v) is 6.74. The molecule has 0 aliphatic carbocycles. The van der Waals surface area contributed by atoms with Gasteiger partial charge in [-0.2, -0.15) is 22.7 Å². The van der Waals surface area contributed by atoms with E-state index in [-0.39, 0.29) is 23.5 Å². The van der Waals surface area contributed by atoms with Gasteiger partial charge in [0.2, 0.25) is 15.6 Å². The second kappa shape index (κ2) is 7.35. The Morgan fingerprint density at radius 2 is 1.71 bits per heavy atom. The number of hydrogen-bond acceptors (Lipinski definition) is 5. The lowest BCUT2D eigenvalue weighted by Gasteiger charge is -2.45. The Hall–Kier alpha value is -2.16. The minimum Gasteiger partial charge on any atom is -0.373 e. The molecule has 0 spiro atoms. The van der Waals surface area contributed by atoms with E-state index < -0.39 is 39.8 Å². The van der Waals surface area contributed by atoms with Crippen LogP contribution in [0.4, 0.5) is 13.2 Å². The number of nitriles is 1. The Labute approximate surface area is 161 Å². The van der Waals surface area contributed by atoms with Gasteiger partial charge in [-0.15, -0.1) is 0 Å². The smallest absolute Gasteiger partial charge is 0.373 e. The SMILES string of the molecule is C[C@@H]1CN(C(=O)[C@@](C)(O)C(F)(F)F)[C@@H](C)CN1S(=O)(=O)c1ccc(C#N)cc1. The molecule has 0 radical (unpaired) electrons. The Kier molecular flexibility index (Phi) is 5.81. The molecule has 1 aliphatic rings. The van der Waals surface area contributed by atoms with E-state index in [9.17, 15) is 31.5 Å². The summed E-state index contributed by atoms with van der Waals surface area (Å²) in [4.78, 5) is 13.1. The van der Waals surface area contributed by atoms with Crippen LogP contribution in [0, 0.1) is 11.3 Å². The summed E-state index contributed by atoms with van der Waals surface area (Å²) in [5, 5.41) is 18.5. The average molecular weight is 419 g/mol. The van der Waals surface area contributed by atoms with E-state index in [4.69, 9.17) is 5.26 Å². The van der Waals surface area contributed by atoms with Crippen LogP contribution in [0.2, 0.25) is 0 Å². The first-order chi connectivity index (χ1) is 12.7. The molecule has 0 saturated carbocycles. The number of carbonyl (C=O) groups is 1. The largest absolute Gasteiger partial charge is 0.426 e. The number of aliphatic hydroxyl groups is 1. The summed E-state index contributed by atoms with van der Waals surface area (Å²) in [5.41, 5.74) is -3.28. The predicted molar refractivity (Wildman–Crippen MR) is 92.4 cm³/mol. The first-order valence-electron chi connectivity index (χ1n) is 8.35. The zero-order valence-electron chi connectivity index (χ0n) is 15.4. The highest BCUT2D eigenvalue weighted by Crippen LogP contribution is 2.33. The second-order valence-electron chi connectivity index (χ2n) is 6.94. The normalized spacial score (nSPS) is 23.7. The fourth-order valence-corrected chi connectivity index (χ4v) is 4.65. The molecule has 11 heteroatoms. The highest BCUT2D eigenvalue weighted by molar-refractivity contribution is 7.89. The number of hydrogen-bond donors (Lipinski definition) is 1. The Morgan fingerprint density at radius 3 is 2.18 bits per heavy atom. The summed E-state index contributed by atoms with van der Waals surface area (Å²) >= 11 is 0. The Morgan fingerprint density at radius 1 is 1.18 bits per heavy atom. The average Bonchev–Trinajstić information content (AvgIpc) is 2.61. The molecule has 1 aromatic rings. The zero-order valence-corrected chi connectivity index (χ0v) is 16.3. The quantitative estimate of drug-likeness (QED) is 0.800. The standard InChI is InChI=1S/C17H20F3N3O4S/c1-11-10-23(28(26,27)14-6-4-13(8-21)5-7-14)12(2)9-22(11)15(24)16(3,25)17(18,19)20/h4-7,11-12,25H,9-10H2,1-3H3/t11-,12+,16+/m0/s1. The topological polar surface area (TPSA) is 102 Å². The summed E-state index contributed by atoms with van der Waals surface area (Å²) < 4.78 is 65.8. The molecule has 1 heterocycles. The first kappa shape index (κ1) is 22.1. The van der Waals surface area contributed by atoms with Crippen LogP contribution in [0.3, 0.4) is 0 Å². The molecule has 2 rings (SSSR count). The highest BCUT2D eigenvalue weighted by Gasteiger charge is 2.58. The van der Waals surface area contributed by atoms with Gasteiger partial charge in [0.1, 0.15) is 0 Å². The Bertz CT molecular complexity index is 892. The molecular formula is C17H20F3N3O4S. The van der Waals surface area contributed by atoms with Crippen molar-refractivity contribution in [3.8, 4) is 6.07 Å². The predicted octanol–water partition coefficient (Wildman–Crippen LogP) is 1.48. The van der Waals surface area contributed by atoms with E-state index in [2.05, 4.69) is 0 Å². The van der Waals surface area contributed by atoms with Crippen molar-refractivity contribution < 1.29 is 31.5 Å². The lowest BCUT2D eigenvalue weighted by molar-refractivity contribution is -0.251. The summed E-state index contributed by atoms with van der Waals surface area (Å²) in [6, 6.07) is 5.43. The molecule has 0 bridgehead atoms. The fraction of sp³-hybridized carbons (Fsp3) is 0.529. The number of rotatable bonds is 3. The molecule has 1 saturated heterocycles.